The summed E-state index contributed by atoms with van der Waals surface area (Å²) in [4.78, 5) is 0. The third-order valence-corrected chi connectivity index (χ3v) is 1.30. The van der Waals surface area contributed by atoms with Gasteiger partial charge in [0.05, 0.1) is 5.57 Å². The van der Waals surface area contributed by atoms with E-state index in [0.29, 0.717) is 0 Å². The summed E-state index contributed by atoms with van der Waals surface area (Å²) in [6.07, 6.45) is -4.71. The zero-order valence-corrected chi connectivity index (χ0v) is 7.43. The molecule has 0 nitrogen and oxygen atoms in total. The van der Waals surface area contributed by atoms with E-state index in [2.05, 4.69) is 13.2 Å². The highest BCUT2D eigenvalue weighted by atomic mass is 19.4. The van der Waals surface area contributed by atoms with Gasteiger partial charge in [0.15, 0.2) is 0 Å². The van der Waals surface area contributed by atoms with Crippen LogP contribution in [0.5, 0.6) is 0 Å². The molecule has 0 saturated carbocycles. The fourth-order valence-corrected chi connectivity index (χ4v) is 0.767. The van der Waals surface area contributed by atoms with E-state index in [1.165, 1.54) is 6.92 Å². The molecule has 0 radical (unpaired) electrons. The van der Waals surface area contributed by atoms with Crippen molar-refractivity contribution in [1.29, 1.82) is 0 Å². The van der Waals surface area contributed by atoms with Crippen LogP contribution in [0.15, 0.2) is 35.7 Å². The van der Waals surface area contributed by atoms with E-state index in [1.807, 2.05) is 0 Å². The van der Waals surface area contributed by atoms with Crippen LogP contribution >= 0.6 is 0 Å². The zero-order chi connectivity index (χ0) is 10.8. The van der Waals surface area contributed by atoms with Gasteiger partial charge in [0, 0.05) is 0 Å². The fourth-order valence-electron chi connectivity index (χ4n) is 0.767. The molecule has 0 fully saturated rings. The Kier molecular flexibility index (Phi) is 3.46. The number of hydrogen-bond acceptors (Lipinski definition) is 0. The standard InChI is InChI=1S/C9H10F4/c1-5(2)7(9(11,12)13)8(10)6(3)4/h1,3H2,2,4H3/b8-7-. The van der Waals surface area contributed by atoms with Crippen molar-refractivity contribution in [2.75, 3.05) is 0 Å². The lowest BCUT2D eigenvalue weighted by Crippen LogP contribution is -2.14. The smallest absolute Gasteiger partial charge is 0.206 e. The van der Waals surface area contributed by atoms with Crippen LogP contribution in [0.25, 0.3) is 0 Å². The fraction of sp³-hybridized carbons (Fsp3) is 0.333. The second-order valence-corrected chi connectivity index (χ2v) is 2.75. The average Bonchev–Trinajstić information content (AvgIpc) is 1.82. The van der Waals surface area contributed by atoms with E-state index < -0.39 is 17.6 Å². The molecule has 74 valence electrons. The molecule has 4 heteroatoms. The second-order valence-electron chi connectivity index (χ2n) is 2.75. The van der Waals surface area contributed by atoms with E-state index >= 15 is 0 Å². The normalized spacial score (nSPS) is 13.7. The molecule has 13 heavy (non-hydrogen) atoms. The number of allylic oxidation sites excluding steroid dienone is 4. The predicted octanol–water partition coefficient (Wildman–Crippen LogP) is 3.92. The minimum absolute atomic E-state index is 0.254. The molecule has 0 spiro atoms. The van der Waals surface area contributed by atoms with Crippen molar-refractivity contribution < 1.29 is 17.6 Å². The maximum atomic E-state index is 12.9. The summed E-state index contributed by atoms with van der Waals surface area (Å²) in [5.41, 5.74) is -1.94. The van der Waals surface area contributed by atoms with Gasteiger partial charge >= 0.3 is 6.18 Å². The van der Waals surface area contributed by atoms with Crippen molar-refractivity contribution >= 4 is 0 Å². The summed E-state index contributed by atoms with van der Waals surface area (Å²) in [5, 5.41) is 0. The van der Waals surface area contributed by atoms with E-state index in [1.54, 1.807) is 0 Å². The average molecular weight is 194 g/mol. The third-order valence-electron chi connectivity index (χ3n) is 1.30. The van der Waals surface area contributed by atoms with Crippen LogP contribution in [0.4, 0.5) is 17.6 Å². The van der Waals surface area contributed by atoms with Crippen LogP contribution in [0, 0.1) is 0 Å². The van der Waals surface area contributed by atoms with E-state index in [4.69, 9.17) is 0 Å². The van der Waals surface area contributed by atoms with Gasteiger partial charge in [-0.2, -0.15) is 13.2 Å². The molecule has 0 aromatic carbocycles. The minimum atomic E-state index is -4.71. The van der Waals surface area contributed by atoms with Crippen molar-refractivity contribution in [3.05, 3.63) is 35.7 Å². The van der Waals surface area contributed by atoms with Gasteiger partial charge < -0.3 is 0 Å². The lowest BCUT2D eigenvalue weighted by Gasteiger charge is -2.12. The molecule has 0 aliphatic rings. The van der Waals surface area contributed by atoms with E-state index in [-0.39, 0.29) is 11.1 Å². The van der Waals surface area contributed by atoms with Gasteiger partial charge in [0.25, 0.3) is 0 Å². The Balaban J connectivity index is 5.40. The summed E-state index contributed by atoms with van der Waals surface area (Å²) in [6, 6.07) is 0. The van der Waals surface area contributed by atoms with E-state index in [9.17, 15) is 17.6 Å². The van der Waals surface area contributed by atoms with Crippen molar-refractivity contribution in [1.82, 2.24) is 0 Å². The van der Waals surface area contributed by atoms with Crippen molar-refractivity contribution in [3.63, 3.8) is 0 Å². The Morgan fingerprint density at radius 3 is 1.46 bits per heavy atom. The van der Waals surface area contributed by atoms with Crippen LogP contribution in [0.1, 0.15) is 13.8 Å². The summed E-state index contributed by atoms with van der Waals surface area (Å²) in [6.45, 7) is 8.44. The summed E-state index contributed by atoms with van der Waals surface area (Å²) < 4.78 is 49.5. The largest absolute Gasteiger partial charge is 0.419 e. The van der Waals surface area contributed by atoms with E-state index in [0.717, 1.165) is 6.92 Å². The summed E-state index contributed by atoms with van der Waals surface area (Å²) in [7, 11) is 0. The van der Waals surface area contributed by atoms with Gasteiger partial charge in [-0.25, -0.2) is 4.39 Å². The zero-order valence-electron chi connectivity index (χ0n) is 7.43. The third kappa shape index (κ3) is 3.05. The SMILES string of the molecule is C=C(C)/C(F)=C(\C(=C)C)C(F)(F)F. The molecular weight excluding hydrogens is 184 g/mol. The lowest BCUT2D eigenvalue weighted by molar-refractivity contribution is -0.0909. The Morgan fingerprint density at radius 2 is 1.38 bits per heavy atom. The van der Waals surface area contributed by atoms with Crippen LogP contribution in [0.3, 0.4) is 0 Å². The monoisotopic (exact) mass is 194 g/mol. The molecule has 0 saturated heterocycles. The second kappa shape index (κ2) is 3.77. The van der Waals surface area contributed by atoms with Gasteiger partial charge in [-0.3, -0.25) is 0 Å². The number of halogens is 4. The Labute approximate surface area is 74.3 Å². The first-order chi connectivity index (χ1) is 5.68. The molecule has 0 atom stereocenters. The molecule has 0 aliphatic heterocycles. The van der Waals surface area contributed by atoms with Crippen molar-refractivity contribution in [2.45, 2.75) is 20.0 Å². The quantitative estimate of drug-likeness (QED) is 0.461. The first-order valence-corrected chi connectivity index (χ1v) is 3.46. The van der Waals surface area contributed by atoms with Gasteiger partial charge in [0.2, 0.25) is 0 Å². The van der Waals surface area contributed by atoms with Crippen LogP contribution < -0.4 is 0 Å². The lowest BCUT2D eigenvalue weighted by atomic mass is 10.1. The molecule has 0 bridgehead atoms. The Morgan fingerprint density at radius 1 is 1.00 bits per heavy atom. The van der Waals surface area contributed by atoms with Gasteiger partial charge in [0.1, 0.15) is 5.83 Å². The number of rotatable bonds is 2. The molecular formula is C9H10F4. The molecule has 0 amide bonds. The molecule has 0 aromatic rings. The summed E-state index contributed by atoms with van der Waals surface area (Å²) in [5.74, 6) is -1.35. The Hall–Kier alpha value is -1.06. The van der Waals surface area contributed by atoms with Crippen molar-refractivity contribution in [3.8, 4) is 0 Å². The molecule has 0 aromatic heterocycles. The molecule has 0 rings (SSSR count). The predicted molar refractivity (Wildman–Crippen MR) is 43.8 cm³/mol. The number of alkyl halides is 3. The van der Waals surface area contributed by atoms with Gasteiger partial charge in [-0.05, 0) is 25.0 Å². The maximum absolute atomic E-state index is 12.9. The topological polar surface area (TPSA) is 0 Å². The van der Waals surface area contributed by atoms with Gasteiger partial charge in [-0.15, -0.1) is 0 Å². The van der Waals surface area contributed by atoms with Crippen molar-refractivity contribution in [2.24, 2.45) is 0 Å². The highest BCUT2D eigenvalue weighted by Gasteiger charge is 2.37. The first kappa shape index (κ1) is 11.9. The molecule has 0 aliphatic carbocycles. The summed E-state index contributed by atoms with van der Waals surface area (Å²) >= 11 is 0. The Bertz CT molecular complexity index is 268. The van der Waals surface area contributed by atoms with Crippen LogP contribution in [-0.2, 0) is 0 Å². The molecule has 0 N–H and O–H groups in total. The molecule has 0 heterocycles. The maximum Gasteiger partial charge on any atom is 0.419 e. The first-order valence-electron chi connectivity index (χ1n) is 3.46. The van der Waals surface area contributed by atoms with Gasteiger partial charge in [-0.1, -0.05) is 13.2 Å². The highest BCUT2D eigenvalue weighted by Crippen LogP contribution is 2.35. The number of hydrogen-bond donors (Lipinski definition) is 0. The van der Waals surface area contributed by atoms with Crippen LogP contribution in [-0.4, -0.2) is 6.18 Å². The molecule has 0 unspecified atom stereocenters. The highest BCUT2D eigenvalue weighted by molar-refractivity contribution is 5.40. The minimum Gasteiger partial charge on any atom is -0.206 e. The van der Waals surface area contributed by atoms with Crippen LogP contribution in [0.2, 0.25) is 0 Å².